The lowest BCUT2D eigenvalue weighted by atomic mass is 9.95. The Balaban J connectivity index is 1.94. The van der Waals surface area contributed by atoms with Crippen molar-refractivity contribution in [1.29, 1.82) is 0 Å². The summed E-state index contributed by atoms with van der Waals surface area (Å²) >= 11 is 5.88. The highest BCUT2D eigenvalue weighted by molar-refractivity contribution is 6.51. The number of hydrogen-bond acceptors (Lipinski definition) is 4. The number of carbonyl (C=O) groups is 2. The molecule has 0 aromatic heterocycles. The number of aromatic hydroxyl groups is 1. The van der Waals surface area contributed by atoms with E-state index >= 15 is 0 Å². The Morgan fingerprint density at radius 3 is 2.18 bits per heavy atom. The van der Waals surface area contributed by atoms with E-state index in [1.807, 2.05) is 0 Å². The van der Waals surface area contributed by atoms with E-state index in [-0.39, 0.29) is 22.6 Å². The van der Waals surface area contributed by atoms with Gasteiger partial charge >= 0.3 is 6.18 Å². The summed E-state index contributed by atoms with van der Waals surface area (Å²) in [4.78, 5) is 26.9. The van der Waals surface area contributed by atoms with Crippen LogP contribution >= 0.6 is 11.6 Å². The molecule has 4 rings (SSSR count). The fraction of sp³-hybridized carbons (Fsp3) is 0.0833. The van der Waals surface area contributed by atoms with Gasteiger partial charge in [-0.15, -0.1) is 0 Å². The lowest BCUT2D eigenvalue weighted by molar-refractivity contribution is -0.137. The number of hydrogen-bond donors (Lipinski definition) is 2. The highest BCUT2D eigenvalue weighted by atomic mass is 35.5. The van der Waals surface area contributed by atoms with Crippen molar-refractivity contribution >= 4 is 34.7 Å². The van der Waals surface area contributed by atoms with Gasteiger partial charge in [-0.3, -0.25) is 14.5 Å². The largest absolute Gasteiger partial charge is 0.508 e. The highest BCUT2D eigenvalue weighted by Gasteiger charge is 2.47. The van der Waals surface area contributed by atoms with Crippen LogP contribution in [0.15, 0.2) is 78.4 Å². The second-order valence-corrected chi connectivity index (χ2v) is 7.75. The van der Waals surface area contributed by atoms with Gasteiger partial charge < -0.3 is 10.2 Å². The number of phenolic OH excluding ortho intramolecular Hbond substituents is 1. The van der Waals surface area contributed by atoms with Crippen LogP contribution in [0.4, 0.5) is 18.9 Å². The molecule has 1 atom stereocenters. The van der Waals surface area contributed by atoms with Gasteiger partial charge in [0.25, 0.3) is 11.7 Å². The van der Waals surface area contributed by atoms with Crippen molar-refractivity contribution in [2.75, 3.05) is 4.90 Å². The number of halogens is 4. The number of rotatable bonds is 3. The second-order valence-electron chi connectivity index (χ2n) is 7.32. The second kappa shape index (κ2) is 8.29. The minimum atomic E-state index is -4.67. The van der Waals surface area contributed by atoms with Crippen molar-refractivity contribution < 1.29 is 33.0 Å². The third-order valence-electron chi connectivity index (χ3n) is 5.22. The van der Waals surface area contributed by atoms with Crippen molar-refractivity contribution in [3.05, 3.63) is 100 Å². The number of alkyl halides is 3. The van der Waals surface area contributed by atoms with E-state index in [1.165, 1.54) is 54.6 Å². The van der Waals surface area contributed by atoms with Gasteiger partial charge in [-0.1, -0.05) is 29.8 Å². The quantitative estimate of drug-likeness (QED) is 0.291. The van der Waals surface area contributed by atoms with E-state index in [0.717, 1.165) is 23.1 Å². The lowest BCUT2D eigenvalue weighted by Gasteiger charge is -2.26. The number of anilines is 1. The van der Waals surface area contributed by atoms with Crippen molar-refractivity contribution in [3.63, 3.8) is 0 Å². The monoisotopic (exact) mass is 473 g/mol. The summed E-state index contributed by atoms with van der Waals surface area (Å²) in [6.45, 7) is 0. The number of amides is 1. The summed E-state index contributed by atoms with van der Waals surface area (Å²) in [6, 6.07) is 14.1. The summed E-state index contributed by atoms with van der Waals surface area (Å²) in [5, 5.41) is 21.0. The maximum absolute atomic E-state index is 13.3. The molecule has 0 bridgehead atoms. The minimum absolute atomic E-state index is 0.0903. The molecule has 5 nitrogen and oxygen atoms in total. The van der Waals surface area contributed by atoms with Gasteiger partial charge in [0.05, 0.1) is 17.2 Å². The molecule has 1 unspecified atom stereocenters. The first-order valence-corrected chi connectivity index (χ1v) is 9.99. The van der Waals surface area contributed by atoms with E-state index in [9.17, 15) is 33.0 Å². The number of phenols is 1. The van der Waals surface area contributed by atoms with Crippen LogP contribution in [0.1, 0.15) is 22.7 Å². The molecule has 3 aromatic rings. The van der Waals surface area contributed by atoms with Crippen molar-refractivity contribution in [2.24, 2.45) is 0 Å². The lowest BCUT2D eigenvalue weighted by Crippen LogP contribution is -2.29. The Kier molecular flexibility index (Phi) is 5.63. The third-order valence-corrected chi connectivity index (χ3v) is 5.47. The van der Waals surface area contributed by atoms with Gasteiger partial charge in [0.1, 0.15) is 11.5 Å². The first kappa shape index (κ1) is 22.4. The number of nitrogens with zero attached hydrogens (tertiary/aromatic N) is 1. The molecule has 0 aliphatic carbocycles. The maximum Gasteiger partial charge on any atom is 0.416 e. The van der Waals surface area contributed by atoms with Gasteiger partial charge in [0.15, 0.2) is 0 Å². The highest BCUT2D eigenvalue weighted by Crippen LogP contribution is 2.43. The first-order chi connectivity index (χ1) is 15.6. The Morgan fingerprint density at radius 2 is 1.58 bits per heavy atom. The summed E-state index contributed by atoms with van der Waals surface area (Å²) in [7, 11) is 0. The Morgan fingerprint density at radius 1 is 0.939 bits per heavy atom. The van der Waals surface area contributed by atoms with Crippen LogP contribution in [0.3, 0.4) is 0 Å². The SMILES string of the molecule is O=C1C(=O)N(c2cccc(C(F)(F)F)c2)C(c2ccc(O)cc2)/C1=C(\O)c1ccc(Cl)cc1. The van der Waals surface area contributed by atoms with Crippen LogP contribution in [-0.4, -0.2) is 21.9 Å². The van der Waals surface area contributed by atoms with Crippen LogP contribution in [-0.2, 0) is 15.8 Å². The van der Waals surface area contributed by atoms with Gasteiger partial charge in [-0.2, -0.15) is 13.2 Å². The van der Waals surface area contributed by atoms with E-state index in [2.05, 4.69) is 0 Å². The molecule has 1 fully saturated rings. The molecule has 1 heterocycles. The van der Waals surface area contributed by atoms with E-state index in [1.54, 1.807) is 0 Å². The van der Waals surface area contributed by atoms with E-state index in [4.69, 9.17) is 11.6 Å². The normalized spacial score (nSPS) is 18.1. The Labute approximate surface area is 191 Å². The van der Waals surface area contributed by atoms with E-state index < -0.39 is 35.2 Å². The summed E-state index contributed by atoms with van der Waals surface area (Å²) < 4.78 is 39.9. The number of aliphatic hydroxyl groups excluding tert-OH is 1. The smallest absolute Gasteiger partial charge is 0.416 e. The number of carbonyl (C=O) groups excluding carboxylic acids is 2. The molecular weight excluding hydrogens is 459 g/mol. The fourth-order valence-corrected chi connectivity index (χ4v) is 3.79. The molecule has 1 saturated heterocycles. The van der Waals surface area contributed by atoms with Crippen molar-refractivity contribution in [3.8, 4) is 5.75 Å². The Hall–Kier alpha value is -3.78. The molecule has 0 radical (unpaired) electrons. The van der Waals surface area contributed by atoms with Crippen LogP contribution < -0.4 is 4.90 Å². The average molecular weight is 474 g/mol. The zero-order valence-corrected chi connectivity index (χ0v) is 17.4. The van der Waals surface area contributed by atoms with E-state index in [0.29, 0.717) is 10.6 Å². The van der Waals surface area contributed by atoms with Crippen molar-refractivity contribution in [1.82, 2.24) is 0 Å². The molecule has 2 N–H and O–H groups in total. The summed E-state index contributed by atoms with van der Waals surface area (Å²) in [5.74, 6) is -2.74. The average Bonchev–Trinajstić information content (AvgIpc) is 3.04. The summed E-state index contributed by atoms with van der Waals surface area (Å²) in [6.07, 6.45) is -4.67. The van der Waals surface area contributed by atoms with Crippen LogP contribution in [0.2, 0.25) is 5.02 Å². The number of ketones is 1. The van der Waals surface area contributed by atoms with Gasteiger partial charge in [0, 0.05) is 16.3 Å². The molecule has 0 spiro atoms. The molecule has 0 saturated carbocycles. The maximum atomic E-state index is 13.3. The number of aliphatic hydroxyl groups is 1. The molecule has 1 aliphatic rings. The Bertz CT molecular complexity index is 1270. The number of benzene rings is 3. The van der Waals surface area contributed by atoms with Gasteiger partial charge in [0.2, 0.25) is 0 Å². The fourth-order valence-electron chi connectivity index (χ4n) is 3.67. The van der Waals surface area contributed by atoms with Gasteiger partial charge in [-0.05, 0) is 60.2 Å². The van der Waals surface area contributed by atoms with Crippen molar-refractivity contribution in [2.45, 2.75) is 12.2 Å². The third kappa shape index (κ3) is 4.17. The molecule has 1 aliphatic heterocycles. The predicted molar refractivity (Wildman–Crippen MR) is 116 cm³/mol. The topological polar surface area (TPSA) is 77.8 Å². The molecular formula is C24H15ClF3NO4. The first-order valence-electron chi connectivity index (χ1n) is 9.61. The minimum Gasteiger partial charge on any atom is -0.508 e. The molecule has 3 aromatic carbocycles. The molecule has 33 heavy (non-hydrogen) atoms. The van der Waals surface area contributed by atoms with Gasteiger partial charge in [-0.25, -0.2) is 0 Å². The predicted octanol–water partition coefficient (Wildman–Crippen LogP) is 5.69. The van der Waals surface area contributed by atoms with Crippen LogP contribution in [0.5, 0.6) is 5.75 Å². The summed E-state index contributed by atoms with van der Waals surface area (Å²) in [5.41, 5.74) is -0.959. The molecule has 168 valence electrons. The zero-order valence-electron chi connectivity index (χ0n) is 16.7. The molecule has 9 heteroatoms. The zero-order chi connectivity index (χ0) is 23.9. The van der Waals surface area contributed by atoms with Crippen LogP contribution in [0.25, 0.3) is 5.76 Å². The van der Waals surface area contributed by atoms with Crippen LogP contribution in [0, 0.1) is 0 Å². The standard InChI is InChI=1S/C24H15ClF3NO4/c25-16-8-4-14(5-9-16)21(31)19-20(13-6-10-18(30)11-7-13)29(23(33)22(19)32)17-3-1-2-15(12-17)24(26,27)28/h1-12,20,30-31H/b21-19+. The number of Topliss-reactive ketones (excluding diaryl/α,β-unsaturated/α-hetero) is 1. The molecule has 1 amide bonds.